The lowest BCUT2D eigenvalue weighted by molar-refractivity contribution is -0.121. The third-order valence-electron chi connectivity index (χ3n) is 4.19. The van der Waals surface area contributed by atoms with Gasteiger partial charge in [-0.15, -0.1) is 0 Å². The van der Waals surface area contributed by atoms with Crippen LogP contribution in [0.5, 0.6) is 0 Å². The Morgan fingerprint density at radius 2 is 1.90 bits per heavy atom. The summed E-state index contributed by atoms with van der Waals surface area (Å²) in [7, 11) is 0. The number of carbonyl (C=O) groups excluding carboxylic acids is 1. The zero-order valence-corrected chi connectivity index (χ0v) is 12.4. The summed E-state index contributed by atoms with van der Waals surface area (Å²) < 4.78 is 0. The molecule has 1 amide bonds. The zero-order valence-electron chi connectivity index (χ0n) is 12.4. The van der Waals surface area contributed by atoms with Crippen LogP contribution in [0.2, 0.25) is 0 Å². The van der Waals surface area contributed by atoms with Gasteiger partial charge in [-0.3, -0.25) is 4.79 Å². The Labute approximate surface area is 126 Å². The second kappa shape index (κ2) is 6.13. The fourth-order valence-electron chi connectivity index (χ4n) is 3.04. The largest absolute Gasteiger partial charge is 0.349 e. The Bertz CT molecular complexity index is 630. The van der Waals surface area contributed by atoms with Crippen LogP contribution in [0.15, 0.2) is 48.5 Å². The normalized spacial score (nSPS) is 17.1. The predicted molar refractivity (Wildman–Crippen MR) is 85.1 cm³/mol. The molecule has 1 N–H and O–H groups in total. The van der Waals surface area contributed by atoms with Crippen molar-refractivity contribution in [3.8, 4) is 0 Å². The van der Waals surface area contributed by atoms with E-state index in [1.165, 1.54) is 16.7 Å². The Morgan fingerprint density at radius 3 is 2.71 bits per heavy atom. The molecular formula is C19H21NO. The molecule has 21 heavy (non-hydrogen) atoms. The van der Waals surface area contributed by atoms with Crippen LogP contribution in [0.3, 0.4) is 0 Å². The van der Waals surface area contributed by atoms with Crippen molar-refractivity contribution < 1.29 is 4.79 Å². The van der Waals surface area contributed by atoms with E-state index in [-0.39, 0.29) is 11.9 Å². The van der Waals surface area contributed by atoms with Crippen LogP contribution in [0.1, 0.15) is 41.1 Å². The number of amides is 1. The third kappa shape index (κ3) is 3.33. The molecule has 0 aromatic heterocycles. The molecular weight excluding hydrogens is 258 g/mol. The SMILES string of the molecule is Cc1ccc(CC(=O)N[C@@H]2CCCc3ccccc32)cc1. The van der Waals surface area contributed by atoms with E-state index >= 15 is 0 Å². The van der Waals surface area contributed by atoms with Gasteiger partial charge in [0.15, 0.2) is 0 Å². The number of fused-ring (bicyclic) bond motifs is 1. The zero-order chi connectivity index (χ0) is 14.7. The molecule has 1 aliphatic carbocycles. The van der Waals surface area contributed by atoms with E-state index in [1.807, 2.05) is 12.1 Å². The summed E-state index contributed by atoms with van der Waals surface area (Å²) in [4.78, 5) is 12.3. The summed E-state index contributed by atoms with van der Waals surface area (Å²) in [5.41, 5.74) is 4.97. The molecule has 0 spiro atoms. The van der Waals surface area contributed by atoms with Crippen molar-refractivity contribution in [1.29, 1.82) is 0 Å². The van der Waals surface area contributed by atoms with Crippen LogP contribution in [0, 0.1) is 6.92 Å². The first kappa shape index (κ1) is 13.9. The molecule has 3 rings (SSSR count). The minimum atomic E-state index is 0.112. The van der Waals surface area contributed by atoms with Crippen LogP contribution < -0.4 is 5.32 Å². The van der Waals surface area contributed by atoms with E-state index < -0.39 is 0 Å². The molecule has 2 aromatic carbocycles. The van der Waals surface area contributed by atoms with Crippen LogP contribution in [0.25, 0.3) is 0 Å². The molecule has 0 fully saturated rings. The highest BCUT2D eigenvalue weighted by molar-refractivity contribution is 5.79. The minimum absolute atomic E-state index is 0.112. The van der Waals surface area contributed by atoms with E-state index in [9.17, 15) is 4.79 Å². The first-order valence-corrected chi connectivity index (χ1v) is 7.65. The van der Waals surface area contributed by atoms with Gasteiger partial charge in [-0.1, -0.05) is 54.1 Å². The van der Waals surface area contributed by atoms with Gasteiger partial charge >= 0.3 is 0 Å². The second-order valence-electron chi connectivity index (χ2n) is 5.87. The summed E-state index contributed by atoms with van der Waals surface area (Å²) in [6, 6.07) is 16.8. The van der Waals surface area contributed by atoms with Gasteiger partial charge in [-0.2, -0.15) is 0 Å². The van der Waals surface area contributed by atoms with Crippen LogP contribution in [-0.4, -0.2) is 5.91 Å². The fraction of sp³-hybridized carbons (Fsp3) is 0.316. The predicted octanol–water partition coefficient (Wildman–Crippen LogP) is 3.73. The lowest BCUT2D eigenvalue weighted by Gasteiger charge is -2.26. The summed E-state index contributed by atoms with van der Waals surface area (Å²) in [6.45, 7) is 2.06. The van der Waals surface area contributed by atoms with Crippen molar-refractivity contribution in [2.45, 2.75) is 38.6 Å². The summed E-state index contributed by atoms with van der Waals surface area (Å²) in [5.74, 6) is 0.112. The van der Waals surface area contributed by atoms with Crippen molar-refractivity contribution in [3.63, 3.8) is 0 Å². The molecule has 0 unspecified atom stereocenters. The second-order valence-corrected chi connectivity index (χ2v) is 5.87. The van der Waals surface area contributed by atoms with Crippen molar-refractivity contribution in [2.75, 3.05) is 0 Å². The van der Waals surface area contributed by atoms with Crippen LogP contribution >= 0.6 is 0 Å². The molecule has 0 saturated carbocycles. The standard InChI is InChI=1S/C19H21NO/c1-14-9-11-15(12-10-14)13-19(21)20-18-8-4-6-16-5-2-3-7-17(16)18/h2-3,5,7,9-12,18H,4,6,8,13H2,1H3,(H,20,21)/t18-/m1/s1. The van der Waals surface area contributed by atoms with E-state index in [2.05, 4.69) is 48.6 Å². The molecule has 2 nitrogen and oxygen atoms in total. The highest BCUT2D eigenvalue weighted by Gasteiger charge is 2.21. The third-order valence-corrected chi connectivity index (χ3v) is 4.19. The molecule has 2 aromatic rings. The maximum absolute atomic E-state index is 12.3. The van der Waals surface area contributed by atoms with Crippen molar-refractivity contribution in [2.24, 2.45) is 0 Å². The first-order chi connectivity index (χ1) is 10.2. The molecule has 0 heterocycles. The van der Waals surface area contributed by atoms with Gasteiger partial charge in [0.05, 0.1) is 12.5 Å². The average molecular weight is 279 g/mol. The molecule has 1 atom stereocenters. The highest BCUT2D eigenvalue weighted by Crippen LogP contribution is 2.29. The van der Waals surface area contributed by atoms with E-state index in [4.69, 9.17) is 0 Å². The molecule has 0 saturated heterocycles. The van der Waals surface area contributed by atoms with Gasteiger partial charge in [0.2, 0.25) is 5.91 Å². The monoisotopic (exact) mass is 279 g/mol. The van der Waals surface area contributed by atoms with Gasteiger partial charge in [-0.05, 0) is 42.9 Å². The molecule has 0 aliphatic heterocycles. The number of hydrogen-bond acceptors (Lipinski definition) is 1. The van der Waals surface area contributed by atoms with Crippen molar-refractivity contribution in [3.05, 3.63) is 70.8 Å². The number of hydrogen-bond donors (Lipinski definition) is 1. The quantitative estimate of drug-likeness (QED) is 0.911. The lowest BCUT2D eigenvalue weighted by atomic mass is 9.87. The molecule has 1 aliphatic rings. The first-order valence-electron chi connectivity index (χ1n) is 7.65. The summed E-state index contributed by atoms with van der Waals surface area (Å²) in [6.07, 6.45) is 3.77. The minimum Gasteiger partial charge on any atom is -0.349 e. The average Bonchev–Trinajstić information content (AvgIpc) is 2.50. The number of aryl methyl sites for hydroxylation is 2. The lowest BCUT2D eigenvalue weighted by Crippen LogP contribution is -2.32. The Morgan fingerprint density at radius 1 is 1.14 bits per heavy atom. The Kier molecular flexibility index (Phi) is 4.05. The Hall–Kier alpha value is -2.09. The smallest absolute Gasteiger partial charge is 0.224 e. The summed E-state index contributed by atoms with van der Waals surface area (Å²) >= 11 is 0. The highest BCUT2D eigenvalue weighted by atomic mass is 16.1. The maximum atomic E-state index is 12.3. The van der Waals surface area contributed by atoms with E-state index in [0.717, 1.165) is 24.8 Å². The number of rotatable bonds is 3. The number of nitrogens with one attached hydrogen (secondary N) is 1. The van der Waals surface area contributed by atoms with E-state index in [1.54, 1.807) is 0 Å². The molecule has 0 radical (unpaired) electrons. The van der Waals surface area contributed by atoms with Gasteiger partial charge in [0, 0.05) is 0 Å². The molecule has 0 bridgehead atoms. The van der Waals surface area contributed by atoms with Gasteiger partial charge < -0.3 is 5.32 Å². The van der Waals surface area contributed by atoms with Crippen LogP contribution in [0.4, 0.5) is 0 Å². The summed E-state index contributed by atoms with van der Waals surface area (Å²) in [5, 5.41) is 3.20. The molecule has 108 valence electrons. The number of carbonyl (C=O) groups is 1. The van der Waals surface area contributed by atoms with Crippen molar-refractivity contribution in [1.82, 2.24) is 5.32 Å². The number of benzene rings is 2. The van der Waals surface area contributed by atoms with Gasteiger partial charge in [0.1, 0.15) is 0 Å². The Balaban J connectivity index is 1.67. The van der Waals surface area contributed by atoms with Crippen LogP contribution in [-0.2, 0) is 17.6 Å². The fourth-order valence-corrected chi connectivity index (χ4v) is 3.04. The molecule has 2 heteroatoms. The maximum Gasteiger partial charge on any atom is 0.224 e. The van der Waals surface area contributed by atoms with Crippen molar-refractivity contribution >= 4 is 5.91 Å². The van der Waals surface area contributed by atoms with Gasteiger partial charge in [-0.25, -0.2) is 0 Å². The topological polar surface area (TPSA) is 29.1 Å². The van der Waals surface area contributed by atoms with E-state index in [0.29, 0.717) is 6.42 Å². The van der Waals surface area contributed by atoms with Gasteiger partial charge in [0.25, 0.3) is 0 Å².